The van der Waals surface area contributed by atoms with Gasteiger partial charge in [0.15, 0.2) is 0 Å². The lowest BCUT2D eigenvalue weighted by atomic mass is 10.00. The molecule has 1 nitrogen and oxygen atoms in total. The molecular formula is C10H19N. The minimum atomic E-state index is 0.714. The van der Waals surface area contributed by atoms with E-state index in [0.717, 1.165) is 11.8 Å². The molecule has 1 aliphatic rings. The summed E-state index contributed by atoms with van der Waals surface area (Å²) in [4.78, 5) is 0. The molecule has 0 spiro atoms. The Bertz CT molecular complexity index is 132. The van der Waals surface area contributed by atoms with Crippen LogP contribution < -0.4 is 5.32 Å². The molecule has 0 heterocycles. The molecule has 64 valence electrons. The van der Waals surface area contributed by atoms with Gasteiger partial charge in [-0.15, -0.1) is 0 Å². The van der Waals surface area contributed by atoms with Crippen LogP contribution in [0.4, 0.5) is 0 Å². The van der Waals surface area contributed by atoms with Gasteiger partial charge in [0.05, 0.1) is 0 Å². The van der Waals surface area contributed by atoms with Gasteiger partial charge < -0.3 is 5.32 Å². The Kier molecular flexibility index (Phi) is 2.98. The molecule has 0 radical (unpaired) electrons. The topological polar surface area (TPSA) is 12.0 Å². The number of allylic oxidation sites excluding steroid dienone is 1. The second-order valence-corrected chi connectivity index (χ2v) is 3.77. The number of hydrogen-bond acceptors (Lipinski definition) is 1. The van der Waals surface area contributed by atoms with Gasteiger partial charge in [0, 0.05) is 6.04 Å². The molecule has 0 bridgehead atoms. The number of nitrogens with one attached hydrogen (secondary N) is 1. The van der Waals surface area contributed by atoms with Gasteiger partial charge in [-0.3, -0.25) is 0 Å². The molecule has 0 amide bonds. The van der Waals surface area contributed by atoms with Gasteiger partial charge in [0.1, 0.15) is 0 Å². The van der Waals surface area contributed by atoms with E-state index in [4.69, 9.17) is 0 Å². The van der Waals surface area contributed by atoms with Crippen LogP contribution in [0, 0.1) is 11.8 Å². The van der Waals surface area contributed by atoms with Crippen molar-refractivity contribution in [2.75, 3.05) is 0 Å². The molecular weight excluding hydrogens is 134 g/mol. The summed E-state index contributed by atoms with van der Waals surface area (Å²) in [6.45, 7) is 6.64. The fourth-order valence-corrected chi connectivity index (χ4v) is 1.54. The molecule has 11 heavy (non-hydrogen) atoms. The van der Waals surface area contributed by atoms with Gasteiger partial charge in [-0.1, -0.05) is 19.9 Å². The summed E-state index contributed by atoms with van der Waals surface area (Å²) in [6, 6.07) is 0.714. The van der Waals surface area contributed by atoms with Crippen LogP contribution in [0.1, 0.15) is 33.6 Å². The van der Waals surface area contributed by atoms with E-state index in [1.165, 1.54) is 12.8 Å². The maximum absolute atomic E-state index is 3.45. The van der Waals surface area contributed by atoms with E-state index in [1.807, 2.05) is 0 Å². The number of rotatable bonds is 4. The molecule has 0 aromatic heterocycles. The van der Waals surface area contributed by atoms with Crippen molar-refractivity contribution in [3.8, 4) is 0 Å². The molecule has 1 atom stereocenters. The maximum Gasteiger partial charge on any atom is 0.0306 e. The van der Waals surface area contributed by atoms with E-state index in [9.17, 15) is 0 Å². The highest BCUT2D eigenvalue weighted by molar-refractivity contribution is 4.92. The molecule has 1 aliphatic carbocycles. The highest BCUT2D eigenvalue weighted by atomic mass is 14.9. The van der Waals surface area contributed by atoms with Crippen molar-refractivity contribution in [2.45, 2.75) is 39.7 Å². The fourth-order valence-electron chi connectivity index (χ4n) is 1.54. The van der Waals surface area contributed by atoms with Crippen LogP contribution in [0.2, 0.25) is 0 Å². The number of hydrogen-bond donors (Lipinski definition) is 1. The predicted molar refractivity (Wildman–Crippen MR) is 49.3 cm³/mol. The highest BCUT2D eigenvalue weighted by Gasteiger charge is 2.32. The second kappa shape index (κ2) is 3.80. The third-order valence-corrected chi connectivity index (χ3v) is 2.30. The summed E-state index contributed by atoms with van der Waals surface area (Å²) in [6.07, 6.45) is 6.99. The van der Waals surface area contributed by atoms with Crippen LogP contribution in [0.25, 0.3) is 0 Å². The molecule has 1 rings (SSSR count). The predicted octanol–water partition coefficient (Wildman–Crippen LogP) is 2.54. The van der Waals surface area contributed by atoms with Crippen LogP contribution in [0.3, 0.4) is 0 Å². The van der Waals surface area contributed by atoms with E-state index >= 15 is 0 Å². The Morgan fingerprint density at radius 2 is 2.00 bits per heavy atom. The molecule has 1 saturated carbocycles. The van der Waals surface area contributed by atoms with E-state index in [1.54, 1.807) is 0 Å². The van der Waals surface area contributed by atoms with E-state index < -0.39 is 0 Å². The Hall–Kier alpha value is -0.460. The zero-order valence-electron chi connectivity index (χ0n) is 7.80. The van der Waals surface area contributed by atoms with E-state index in [0.29, 0.717) is 6.04 Å². The van der Waals surface area contributed by atoms with Gasteiger partial charge in [-0.05, 0) is 37.8 Å². The Morgan fingerprint density at radius 1 is 1.36 bits per heavy atom. The summed E-state index contributed by atoms with van der Waals surface area (Å²) >= 11 is 0. The SMILES string of the molecule is C/C=C\NC(C(C)C)C1CC1. The van der Waals surface area contributed by atoms with Gasteiger partial charge in [0.25, 0.3) is 0 Å². The van der Waals surface area contributed by atoms with Gasteiger partial charge >= 0.3 is 0 Å². The van der Waals surface area contributed by atoms with Crippen LogP contribution in [-0.2, 0) is 0 Å². The van der Waals surface area contributed by atoms with Crippen LogP contribution in [0.5, 0.6) is 0 Å². The summed E-state index contributed by atoms with van der Waals surface area (Å²) in [5.41, 5.74) is 0. The molecule has 0 aromatic carbocycles. The molecule has 0 aromatic rings. The Morgan fingerprint density at radius 3 is 2.36 bits per heavy atom. The zero-order chi connectivity index (χ0) is 8.27. The lowest BCUT2D eigenvalue weighted by Crippen LogP contribution is -2.31. The minimum Gasteiger partial charge on any atom is -0.388 e. The minimum absolute atomic E-state index is 0.714. The van der Waals surface area contributed by atoms with E-state index in [-0.39, 0.29) is 0 Å². The van der Waals surface area contributed by atoms with Crippen LogP contribution >= 0.6 is 0 Å². The average molecular weight is 153 g/mol. The lowest BCUT2D eigenvalue weighted by molar-refractivity contribution is 0.398. The quantitative estimate of drug-likeness (QED) is 0.654. The molecule has 1 heteroatoms. The summed E-state index contributed by atoms with van der Waals surface area (Å²) in [5.74, 6) is 1.71. The summed E-state index contributed by atoms with van der Waals surface area (Å²) in [7, 11) is 0. The largest absolute Gasteiger partial charge is 0.388 e. The Labute approximate surface area is 69.9 Å². The first-order valence-electron chi connectivity index (χ1n) is 4.63. The first-order chi connectivity index (χ1) is 5.25. The average Bonchev–Trinajstić information content (AvgIpc) is 2.71. The summed E-state index contributed by atoms with van der Waals surface area (Å²) in [5, 5.41) is 3.45. The maximum atomic E-state index is 3.45. The monoisotopic (exact) mass is 153 g/mol. The van der Waals surface area contributed by atoms with Crippen molar-refractivity contribution in [1.29, 1.82) is 0 Å². The van der Waals surface area contributed by atoms with Crippen molar-refractivity contribution < 1.29 is 0 Å². The van der Waals surface area contributed by atoms with Crippen molar-refractivity contribution >= 4 is 0 Å². The standard InChI is InChI=1S/C10H19N/c1-4-7-11-10(8(2)3)9-5-6-9/h4,7-11H,5-6H2,1-3H3/b7-4-. The zero-order valence-corrected chi connectivity index (χ0v) is 7.80. The molecule has 1 fully saturated rings. The van der Waals surface area contributed by atoms with Gasteiger partial charge in [0.2, 0.25) is 0 Å². The molecule has 0 aliphatic heterocycles. The van der Waals surface area contributed by atoms with Crippen molar-refractivity contribution in [2.24, 2.45) is 11.8 Å². The van der Waals surface area contributed by atoms with Gasteiger partial charge in [-0.2, -0.15) is 0 Å². The smallest absolute Gasteiger partial charge is 0.0306 e. The first kappa shape index (κ1) is 8.63. The van der Waals surface area contributed by atoms with Gasteiger partial charge in [-0.25, -0.2) is 0 Å². The van der Waals surface area contributed by atoms with Crippen molar-refractivity contribution in [3.63, 3.8) is 0 Å². The van der Waals surface area contributed by atoms with Crippen molar-refractivity contribution in [1.82, 2.24) is 5.32 Å². The van der Waals surface area contributed by atoms with E-state index in [2.05, 4.69) is 38.4 Å². The van der Waals surface area contributed by atoms with Crippen LogP contribution in [0.15, 0.2) is 12.3 Å². The Balaban J connectivity index is 2.32. The normalized spacial score (nSPS) is 21.1. The third kappa shape index (κ3) is 2.57. The lowest BCUT2D eigenvalue weighted by Gasteiger charge is -2.20. The van der Waals surface area contributed by atoms with Crippen molar-refractivity contribution in [3.05, 3.63) is 12.3 Å². The molecule has 1 unspecified atom stereocenters. The van der Waals surface area contributed by atoms with Crippen LogP contribution in [-0.4, -0.2) is 6.04 Å². The first-order valence-corrected chi connectivity index (χ1v) is 4.63. The fraction of sp³-hybridized carbons (Fsp3) is 0.800. The molecule has 0 saturated heterocycles. The third-order valence-electron chi connectivity index (χ3n) is 2.30. The molecule has 1 N–H and O–H groups in total. The summed E-state index contributed by atoms with van der Waals surface area (Å²) < 4.78 is 0. The second-order valence-electron chi connectivity index (χ2n) is 3.77. The highest BCUT2D eigenvalue weighted by Crippen LogP contribution is 2.35.